The first-order valence-electron chi connectivity index (χ1n) is 40.9. The SMILES string of the molecule is CC(C)c1cc2c(cc1F)nc1c3[c-]cc(F)cc3c3ccccc3n21.CC(C)c1ccc2c(c1F)c1cc(F)c[c-]c1c1nccn21.CC(c1cc2c(cc1F)nc1c3[c-]cc(F)cc3c3ccccc3n21)C(F)(F)F.CC(c1cc2c(cc1F)nc1c3[c-]cccc3c3ccccc3n21)C(F)(F)F.Cc1ccc2c(c1)c1cc(F)c[c-]c1c1nc3ccccc3n21.[Ir].[Ir].[Ir].[Ir].[Ir]. The molecule has 0 amide bonds. The zero-order valence-corrected chi connectivity index (χ0v) is 82.3. The van der Waals surface area contributed by atoms with Gasteiger partial charge in [0.1, 0.15) is 23.3 Å². The number of alkyl halides is 6. The molecule has 2 atom stereocenters. The first-order chi connectivity index (χ1) is 61.4. The van der Waals surface area contributed by atoms with Crippen molar-refractivity contribution in [3.63, 3.8) is 0 Å². The molecule has 29 heteroatoms. The van der Waals surface area contributed by atoms with Crippen molar-refractivity contribution >= 4 is 181 Å². The van der Waals surface area contributed by atoms with Gasteiger partial charge in [-0.3, -0.25) is 42.5 Å². The molecule has 133 heavy (non-hydrogen) atoms. The van der Waals surface area contributed by atoms with Crippen LogP contribution in [0.5, 0.6) is 0 Å². The monoisotopic (exact) mass is 2680 g/mol. The summed E-state index contributed by atoms with van der Waals surface area (Å²) in [5.74, 6) is -7.69. The van der Waals surface area contributed by atoms with Crippen LogP contribution in [0.1, 0.15) is 93.0 Å². The minimum atomic E-state index is -4.57. The van der Waals surface area contributed by atoms with E-state index in [0.29, 0.717) is 99.1 Å². The molecule has 10 heterocycles. The molecule has 24 rings (SSSR count). The van der Waals surface area contributed by atoms with E-state index >= 15 is 4.39 Å². The number of para-hydroxylation sites is 5. The zero-order chi connectivity index (χ0) is 89.1. The molecule has 0 aliphatic rings. The number of benzene rings is 14. The summed E-state index contributed by atoms with van der Waals surface area (Å²) in [6.07, 6.45) is -5.67. The minimum absolute atomic E-state index is 0. The Hall–Kier alpha value is -11.6. The zero-order valence-electron chi connectivity index (χ0n) is 70.3. The van der Waals surface area contributed by atoms with E-state index in [2.05, 4.69) is 78.9 Å². The van der Waals surface area contributed by atoms with Gasteiger partial charge in [0.15, 0.2) is 0 Å². The van der Waals surface area contributed by atoms with Crippen molar-refractivity contribution in [2.75, 3.05) is 0 Å². The predicted octanol–water partition coefficient (Wildman–Crippen LogP) is 28.8. The summed E-state index contributed by atoms with van der Waals surface area (Å²) in [6.45, 7) is 11.8. The molecular formula is C104H65F14Ir5N10-5. The number of hydrogen-bond acceptors (Lipinski definition) is 5. The molecule has 24 aromatic rings. The second kappa shape index (κ2) is 37.0. The van der Waals surface area contributed by atoms with E-state index in [0.717, 1.165) is 119 Å². The quantitative estimate of drug-likeness (QED) is 0.0995. The molecule has 0 saturated carbocycles. The Kier molecular flexibility index (Phi) is 26.7. The van der Waals surface area contributed by atoms with Crippen molar-refractivity contribution in [1.82, 2.24) is 46.9 Å². The fraction of sp³-hybridized carbons (Fsp3) is 0.125. The van der Waals surface area contributed by atoms with Crippen molar-refractivity contribution in [3.8, 4) is 0 Å². The van der Waals surface area contributed by atoms with Crippen LogP contribution in [-0.4, -0.2) is 59.3 Å². The summed E-state index contributed by atoms with van der Waals surface area (Å²) in [5.41, 5.74) is 13.4. The van der Waals surface area contributed by atoms with E-state index in [1.54, 1.807) is 63.7 Å². The fourth-order valence-electron chi connectivity index (χ4n) is 17.7. The number of hydrogen-bond donors (Lipinski definition) is 0. The molecule has 0 fully saturated rings. The van der Waals surface area contributed by atoms with E-state index in [1.807, 2.05) is 134 Å². The smallest absolute Gasteiger partial charge is 0.340 e. The molecule has 0 N–H and O–H groups in total. The number of pyridine rings is 5. The molecule has 679 valence electrons. The van der Waals surface area contributed by atoms with Crippen LogP contribution in [0.4, 0.5) is 61.5 Å². The molecular weight excluding hydrogens is 2620 g/mol. The summed E-state index contributed by atoms with van der Waals surface area (Å²) in [5, 5.41) is 11.1. The third-order valence-corrected chi connectivity index (χ3v) is 23.9. The summed E-state index contributed by atoms with van der Waals surface area (Å²) in [4.78, 5) is 22.7. The Morgan fingerprint density at radius 3 is 1.11 bits per heavy atom. The predicted molar refractivity (Wildman–Crippen MR) is 477 cm³/mol. The summed E-state index contributed by atoms with van der Waals surface area (Å²) < 4.78 is 203. The maximum atomic E-state index is 15.0. The molecule has 0 spiro atoms. The van der Waals surface area contributed by atoms with Gasteiger partial charge in [0.2, 0.25) is 0 Å². The third kappa shape index (κ3) is 16.6. The molecule has 10 aromatic heterocycles. The van der Waals surface area contributed by atoms with Crippen molar-refractivity contribution < 1.29 is 162 Å². The second-order valence-corrected chi connectivity index (χ2v) is 32.4. The van der Waals surface area contributed by atoms with Gasteiger partial charge in [-0.15, -0.1) is 102 Å². The number of imidazole rings is 5. The number of fused-ring (bicyclic) bond motifs is 38. The van der Waals surface area contributed by atoms with Crippen LogP contribution in [0.25, 0.3) is 181 Å². The normalized spacial score (nSPS) is 12.3. The van der Waals surface area contributed by atoms with Crippen molar-refractivity contribution in [2.45, 2.75) is 84.5 Å². The van der Waals surface area contributed by atoms with Gasteiger partial charge in [0.25, 0.3) is 0 Å². The molecule has 0 bridgehead atoms. The number of nitrogens with zero attached hydrogens (tertiary/aromatic N) is 10. The average Bonchev–Trinajstić information content (AvgIpc) is 1.65. The third-order valence-electron chi connectivity index (χ3n) is 23.9. The molecule has 0 saturated heterocycles. The standard InChI is InChI=1S/C22H12F5N2.C22H13F4N2.C22H15F2N2.C20H12FN2.C18H13F2N2.5Ir/c1-11(22(25,26)27)15-9-20-18(10-17(15)24)28-21-14-7-6-12(23)8-16(14)13-4-2-3-5-19(13)29(20)21;1-12(22(24,25)26)16-10-20-18(11-17(16)23)27-21-15-8-3-2-6-13(15)14-7-4-5-9-19(14)28(20)21;1-12(2)16-10-21-19(11-18(16)24)25-22-15-8-7-13(23)9-17(15)14-5-3-4-6-20(14)26(21)22;1-12-6-9-18-16(10-12)15-11-13(21)7-8-14(15)20-22-17-4-2-3-5-19(17)23(18)20;1-10(2)12-5-6-15-16(17(12)20)14-9-11(19)3-4-13(14)18-21-7-8-22(15)18;;;;;/h2-6,8-11H,1H3;2-7,9-12H,1H3;3-7,9-12H,1-2H3;2-7,9-11H,1H3;3,5-10H,1-2H3;;;;;/q5*-1;;;;;. The molecule has 2 unspecified atom stereocenters. The van der Waals surface area contributed by atoms with Crippen molar-refractivity contribution in [1.29, 1.82) is 0 Å². The Morgan fingerprint density at radius 1 is 0.301 bits per heavy atom. The van der Waals surface area contributed by atoms with Gasteiger partial charge in [-0.25, -0.2) is 17.6 Å². The Morgan fingerprint density at radius 2 is 0.654 bits per heavy atom. The van der Waals surface area contributed by atoms with E-state index in [4.69, 9.17) is 4.98 Å². The number of halogens is 14. The molecule has 14 aromatic carbocycles. The molecule has 0 aliphatic heterocycles. The van der Waals surface area contributed by atoms with E-state index < -0.39 is 53.0 Å². The van der Waals surface area contributed by atoms with Crippen LogP contribution in [0.15, 0.2) is 243 Å². The van der Waals surface area contributed by atoms with Crippen molar-refractivity contribution in [2.24, 2.45) is 0 Å². The van der Waals surface area contributed by atoms with Crippen LogP contribution in [0.3, 0.4) is 0 Å². The summed E-state index contributed by atoms with van der Waals surface area (Å²) in [6, 6.07) is 79.9. The summed E-state index contributed by atoms with van der Waals surface area (Å²) in [7, 11) is 0. The van der Waals surface area contributed by atoms with Gasteiger partial charge in [-0.1, -0.05) is 167 Å². The number of aromatic nitrogens is 10. The van der Waals surface area contributed by atoms with E-state index in [-0.39, 0.29) is 147 Å². The Balaban J connectivity index is 0.000000126. The topological polar surface area (TPSA) is 86.5 Å². The van der Waals surface area contributed by atoms with Gasteiger partial charge in [-0.05, 0) is 131 Å². The molecule has 0 aliphatic carbocycles. The van der Waals surface area contributed by atoms with Crippen LogP contribution >= 0.6 is 0 Å². The number of aryl methyl sites for hydroxylation is 1. The van der Waals surface area contributed by atoms with Crippen LogP contribution in [0, 0.1) is 83.8 Å². The maximum absolute atomic E-state index is 15.0. The average molecular weight is 2680 g/mol. The first kappa shape index (κ1) is 96.0. The van der Waals surface area contributed by atoms with Gasteiger partial charge in [0, 0.05) is 193 Å². The first-order valence-corrected chi connectivity index (χ1v) is 40.9. The van der Waals surface area contributed by atoms with Gasteiger partial charge in [-0.2, -0.15) is 26.3 Å². The molecule has 5 radical (unpaired) electrons. The Labute approximate surface area is 814 Å². The number of rotatable bonds is 4. The fourth-order valence-corrected chi connectivity index (χ4v) is 17.7. The summed E-state index contributed by atoms with van der Waals surface area (Å²) >= 11 is 0. The second-order valence-electron chi connectivity index (χ2n) is 32.4. The van der Waals surface area contributed by atoms with Crippen molar-refractivity contribution in [3.05, 3.63) is 348 Å². The molecule has 10 nitrogen and oxygen atoms in total. The Bertz CT molecular complexity index is 8790. The van der Waals surface area contributed by atoms with E-state index in [9.17, 15) is 57.1 Å². The van der Waals surface area contributed by atoms with E-state index in [1.165, 1.54) is 60.7 Å². The minimum Gasteiger partial charge on any atom is -0.340 e. The van der Waals surface area contributed by atoms with Gasteiger partial charge in [0.05, 0.1) is 84.2 Å². The van der Waals surface area contributed by atoms with Gasteiger partial charge >= 0.3 is 12.4 Å². The van der Waals surface area contributed by atoms with Gasteiger partial charge < -0.3 is 22.0 Å². The maximum Gasteiger partial charge on any atom is 0.395 e. The largest absolute Gasteiger partial charge is 0.395 e. The van der Waals surface area contributed by atoms with Crippen LogP contribution in [0.2, 0.25) is 0 Å². The van der Waals surface area contributed by atoms with Crippen LogP contribution in [-0.2, 0) is 101 Å². The van der Waals surface area contributed by atoms with Crippen LogP contribution < -0.4 is 0 Å².